The van der Waals surface area contributed by atoms with Crippen molar-refractivity contribution in [2.45, 2.75) is 19.3 Å². The van der Waals surface area contributed by atoms with Gasteiger partial charge in [0, 0.05) is 32.9 Å². The van der Waals surface area contributed by atoms with Crippen LogP contribution in [0.5, 0.6) is 0 Å². The summed E-state index contributed by atoms with van der Waals surface area (Å²) in [6, 6.07) is 50.2. The van der Waals surface area contributed by atoms with Crippen molar-refractivity contribution in [3.63, 3.8) is 0 Å². The highest BCUT2D eigenvalue weighted by molar-refractivity contribution is 7.24. The zero-order valence-corrected chi connectivity index (χ0v) is 27.4. The van der Waals surface area contributed by atoms with Crippen LogP contribution in [-0.2, 0) is 5.41 Å². The average molecular weight is 635 g/mol. The molecule has 0 atom stereocenters. The second-order valence-corrected chi connectivity index (χ2v) is 14.1. The van der Waals surface area contributed by atoms with E-state index < -0.39 is 0 Å². The normalized spacial score (nSPS) is 14.1. The number of fused-ring (bicyclic) bond motifs is 8. The van der Waals surface area contributed by atoms with Crippen LogP contribution < -0.4 is 9.80 Å². The Bertz CT molecular complexity index is 2580. The van der Waals surface area contributed by atoms with Crippen LogP contribution in [0.3, 0.4) is 0 Å². The molecule has 0 fully saturated rings. The van der Waals surface area contributed by atoms with Crippen molar-refractivity contribution >= 4 is 65.6 Å². The van der Waals surface area contributed by atoms with Crippen LogP contribution in [0.1, 0.15) is 25.0 Å². The second-order valence-electron chi connectivity index (χ2n) is 13.1. The van der Waals surface area contributed by atoms with Crippen LogP contribution in [0.4, 0.5) is 33.4 Å². The summed E-state index contributed by atoms with van der Waals surface area (Å²) in [7, 11) is 0. The molecule has 1 aliphatic carbocycles. The van der Waals surface area contributed by atoms with E-state index in [0.29, 0.717) is 0 Å². The zero-order valence-electron chi connectivity index (χ0n) is 26.6. The van der Waals surface area contributed by atoms with Gasteiger partial charge in [-0.1, -0.05) is 105 Å². The topological polar surface area (TPSA) is 32.3 Å². The quantitative estimate of drug-likeness (QED) is 0.194. The molecule has 0 unspecified atom stereocenters. The fourth-order valence-electron chi connectivity index (χ4n) is 7.69. The van der Waals surface area contributed by atoms with E-state index in [1.54, 1.807) is 0 Å². The first-order valence-electron chi connectivity index (χ1n) is 16.3. The van der Waals surface area contributed by atoms with E-state index in [1.165, 1.54) is 48.2 Å². The van der Waals surface area contributed by atoms with Gasteiger partial charge in [-0.05, 0) is 70.4 Å². The fraction of sp³-hybridized carbons (Fsp3) is 0.0698. The predicted octanol–water partition coefficient (Wildman–Crippen LogP) is 12.1. The van der Waals surface area contributed by atoms with Crippen LogP contribution >= 0.6 is 11.3 Å². The van der Waals surface area contributed by atoms with Crippen molar-refractivity contribution in [1.29, 1.82) is 0 Å². The lowest BCUT2D eigenvalue weighted by molar-refractivity contribution is 0.659. The van der Waals surface area contributed by atoms with Gasteiger partial charge in [-0.15, -0.1) is 11.3 Å². The van der Waals surface area contributed by atoms with E-state index in [-0.39, 0.29) is 5.41 Å². The largest absolute Gasteiger partial charge is 0.305 e. The van der Waals surface area contributed by atoms with E-state index in [0.717, 1.165) is 39.8 Å². The molecule has 10 rings (SSSR count). The van der Waals surface area contributed by atoms with Gasteiger partial charge in [0.2, 0.25) is 0 Å². The maximum atomic E-state index is 5.26. The van der Waals surface area contributed by atoms with E-state index in [9.17, 15) is 0 Å². The van der Waals surface area contributed by atoms with Crippen molar-refractivity contribution in [2.75, 3.05) is 9.80 Å². The monoisotopic (exact) mass is 634 g/mol. The molecule has 0 N–H and O–H groups in total. The molecule has 2 aliphatic rings. The summed E-state index contributed by atoms with van der Waals surface area (Å²) in [5.74, 6) is 0. The third-order valence-electron chi connectivity index (χ3n) is 10.0. The first-order valence-corrected chi connectivity index (χ1v) is 17.2. The highest BCUT2D eigenvalue weighted by Gasteiger charge is 2.37. The summed E-state index contributed by atoms with van der Waals surface area (Å²) in [5, 5.41) is 4.88. The van der Waals surface area contributed by atoms with E-state index in [1.807, 2.05) is 17.5 Å². The number of anilines is 6. The van der Waals surface area contributed by atoms with Gasteiger partial charge in [-0.25, -0.2) is 4.98 Å². The molecule has 0 radical (unpaired) electrons. The minimum atomic E-state index is -0.0857. The Balaban J connectivity index is 1.16. The van der Waals surface area contributed by atoms with Gasteiger partial charge in [-0.3, -0.25) is 9.88 Å². The molecule has 0 saturated heterocycles. The van der Waals surface area contributed by atoms with E-state index in [4.69, 9.17) is 9.97 Å². The Morgan fingerprint density at radius 1 is 0.583 bits per heavy atom. The molecule has 1 aliphatic heterocycles. The fourth-order valence-corrected chi connectivity index (χ4v) is 8.91. The summed E-state index contributed by atoms with van der Waals surface area (Å²) in [5.41, 5.74) is 12.1. The highest BCUT2D eigenvalue weighted by atomic mass is 32.1. The SMILES string of the molecule is CC1(C)c2ccccc2-c2nc(-c3cc(N4c5ccccc5N(c5ccc6ccccc6c5)c5sc6ccccc6c54)ccn3)ccc21. The molecule has 0 saturated carbocycles. The Morgan fingerprint density at radius 3 is 2.21 bits per heavy atom. The molecule has 5 aromatic carbocycles. The summed E-state index contributed by atoms with van der Waals surface area (Å²) < 4.78 is 1.25. The number of hydrogen-bond acceptors (Lipinski definition) is 5. The molecule has 0 bridgehead atoms. The van der Waals surface area contributed by atoms with Crippen LogP contribution in [0, 0.1) is 0 Å². The molecule has 0 spiro atoms. The van der Waals surface area contributed by atoms with Gasteiger partial charge in [-0.2, -0.15) is 0 Å². The third-order valence-corrected chi connectivity index (χ3v) is 11.2. The molecule has 5 heteroatoms. The first-order chi connectivity index (χ1) is 23.6. The number of para-hydroxylation sites is 2. The Hall–Kier alpha value is -5.78. The number of benzene rings is 5. The molecule has 0 amide bonds. The molecule has 4 nitrogen and oxygen atoms in total. The minimum Gasteiger partial charge on any atom is -0.305 e. The molecule has 8 aromatic rings. The van der Waals surface area contributed by atoms with Crippen molar-refractivity contribution in [1.82, 2.24) is 9.97 Å². The lowest BCUT2D eigenvalue weighted by atomic mass is 9.83. The molecule has 3 aromatic heterocycles. The van der Waals surface area contributed by atoms with Gasteiger partial charge < -0.3 is 4.90 Å². The smallest absolute Gasteiger partial charge is 0.126 e. The number of thiophene rings is 1. The molecular weight excluding hydrogens is 605 g/mol. The molecule has 48 heavy (non-hydrogen) atoms. The summed E-state index contributed by atoms with van der Waals surface area (Å²) >= 11 is 1.83. The summed E-state index contributed by atoms with van der Waals surface area (Å²) in [6.07, 6.45) is 1.92. The minimum absolute atomic E-state index is 0.0857. The first kappa shape index (κ1) is 27.3. The lowest BCUT2D eigenvalue weighted by Gasteiger charge is -2.38. The van der Waals surface area contributed by atoms with Crippen molar-refractivity contribution < 1.29 is 0 Å². The number of rotatable bonds is 3. The van der Waals surface area contributed by atoms with Gasteiger partial charge in [0.15, 0.2) is 0 Å². The van der Waals surface area contributed by atoms with Crippen molar-refractivity contribution in [2.24, 2.45) is 0 Å². The average Bonchev–Trinajstić information content (AvgIpc) is 3.62. The van der Waals surface area contributed by atoms with Gasteiger partial charge >= 0.3 is 0 Å². The van der Waals surface area contributed by atoms with E-state index >= 15 is 0 Å². The molecule has 228 valence electrons. The van der Waals surface area contributed by atoms with Crippen LogP contribution in [0.15, 0.2) is 146 Å². The highest BCUT2D eigenvalue weighted by Crippen LogP contribution is 2.60. The number of aromatic nitrogens is 2. The number of nitrogens with zero attached hydrogens (tertiary/aromatic N) is 4. The third kappa shape index (κ3) is 3.88. The second kappa shape index (κ2) is 10.1. The molecular formula is C43H30N4S. The van der Waals surface area contributed by atoms with Crippen LogP contribution in [-0.4, -0.2) is 9.97 Å². The Morgan fingerprint density at radius 2 is 1.31 bits per heavy atom. The zero-order chi connectivity index (χ0) is 32.0. The van der Waals surface area contributed by atoms with Gasteiger partial charge in [0.1, 0.15) is 5.00 Å². The molecule has 4 heterocycles. The number of hydrogen-bond donors (Lipinski definition) is 0. The Kier molecular flexibility index (Phi) is 5.76. The van der Waals surface area contributed by atoms with Crippen LogP contribution in [0.25, 0.3) is 43.5 Å². The maximum Gasteiger partial charge on any atom is 0.126 e. The van der Waals surface area contributed by atoms with E-state index in [2.05, 4.69) is 163 Å². The van der Waals surface area contributed by atoms with Crippen LogP contribution in [0.2, 0.25) is 0 Å². The number of pyridine rings is 2. The van der Waals surface area contributed by atoms with Crippen molar-refractivity contribution in [3.8, 4) is 22.6 Å². The standard InChI is InChI=1S/C43H30N4S/c1-43(2)33-15-7-5-13-31(33)40-34(43)21-22-35(45-40)36-26-30(23-24-44-36)46-37-16-8-9-17-38(37)47(29-20-19-27-11-3-4-12-28(27)25-29)42-41(46)32-14-6-10-18-39(32)48-42/h3-26H,1-2H3. The predicted molar refractivity (Wildman–Crippen MR) is 201 cm³/mol. The van der Waals surface area contributed by atoms with Gasteiger partial charge in [0.25, 0.3) is 0 Å². The summed E-state index contributed by atoms with van der Waals surface area (Å²) in [4.78, 5) is 15.0. The maximum absolute atomic E-state index is 5.26. The lowest BCUT2D eigenvalue weighted by Crippen LogP contribution is -2.22. The Labute approximate surface area is 283 Å². The summed E-state index contributed by atoms with van der Waals surface area (Å²) in [6.45, 7) is 4.57. The van der Waals surface area contributed by atoms with Gasteiger partial charge in [0.05, 0.1) is 39.8 Å². The van der Waals surface area contributed by atoms with Crippen molar-refractivity contribution in [3.05, 3.63) is 157 Å².